The highest BCUT2D eigenvalue weighted by Gasteiger charge is 2.25. The van der Waals surface area contributed by atoms with Crippen LogP contribution in [0, 0.1) is 11.3 Å². The summed E-state index contributed by atoms with van der Waals surface area (Å²) in [4.78, 5) is 2.46. The van der Waals surface area contributed by atoms with E-state index in [4.69, 9.17) is 10.00 Å². The van der Waals surface area contributed by atoms with Gasteiger partial charge in [0.1, 0.15) is 12.4 Å². The Morgan fingerprint density at radius 3 is 3.17 bits per heavy atom. The van der Waals surface area contributed by atoms with Crippen molar-refractivity contribution in [1.29, 1.82) is 5.26 Å². The molecule has 0 amide bonds. The third-order valence-electron chi connectivity index (χ3n) is 3.96. The van der Waals surface area contributed by atoms with E-state index in [2.05, 4.69) is 22.3 Å². The number of ether oxygens (including phenoxy) is 1. The summed E-state index contributed by atoms with van der Waals surface area (Å²) in [5.74, 6) is 3.00. The van der Waals surface area contributed by atoms with E-state index in [1.807, 2.05) is 41.8 Å². The van der Waals surface area contributed by atoms with E-state index in [-0.39, 0.29) is 0 Å². The largest absolute Gasteiger partial charge is 0.492 e. The van der Waals surface area contributed by atoms with Crippen LogP contribution in [0.15, 0.2) is 36.7 Å². The highest BCUT2D eigenvalue weighted by atomic mass is 32.2. The highest BCUT2D eigenvalue weighted by molar-refractivity contribution is 7.99. The fourth-order valence-electron chi connectivity index (χ4n) is 2.76. The maximum Gasteiger partial charge on any atom is 0.120 e. The number of nitrogens with zero attached hydrogens (tertiary/aromatic N) is 4. The zero-order chi connectivity index (χ0) is 16.1. The molecule has 0 bridgehead atoms. The van der Waals surface area contributed by atoms with Crippen molar-refractivity contribution in [3.63, 3.8) is 0 Å². The lowest BCUT2D eigenvalue weighted by atomic mass is 10.1. The summed E-state index contributed by atoms with van der Waals surface area (Å²) in [5.41, 5.74) is 1.90. The van der Waals surface area contributed by atoms with Gasteiger partial charge in [0, 0.05) is 49.4 Å². The molecule has 0 saturated carbocycles. The molecule has 1 saturated heterocycles. The van der Waals surface area contributed by atoms with Gasteiger partial charge in [0.05, 0.1) is 17.8 Å². The molecule has 1 aliphatic heterocycles. The van der Waals surface area contributed by atoms with Crippen LogP contribution in [-0.4, -0.2) is 45.9 Å². The quantitative estimate of drug-likeness (QED) is 0.844. The first-order valence-electron chi connectivity index (χ1n) is 7.69. The van der Waals surface area contributed by atoms with Gasteiger partial charge in [-0.15, -0.1) is 0 Å². The second-order valence-corrected chi connectivity index (χ2v) is 6.71. The van der Waals surface area contributed by atoms with Crippen molar-refractivity contribution in [2.24, 2.45) is 7.05 Å². The number of hydrogen-bond donors (Lipinski definition) is 0. The molecule has 2 aromatic rings. The van der Waals surface area contributed by atoms with Crippen molar-refractivity contribution in [2.75, 3.05) is 31.2 Å². The molecular formula is C17H20N4OS. The van der Waals surface area contributed by atoms with E-state index in [1.165, 1.54) is 5.56 Å². The third kappa shape index (κ3) is 4.06. The molecule has 1 aromatic heterocycles. The van der Waals surface area contributed by atoms with Gasteiger partial charge >= 0.3 is 0 Å². The van der Waals surface area contributed by atoms with Gasteiger partial charge in [-0.25, -0.2) is 0 Å². The van der Waals surface area contributed by atoms with Crippen LogP contribution in [0.25, 0.3) is 0 Å². The Bertz CT molecular complexity index is 694. The van der Waals surface area contributed by atoms with Crippen LogP contribution >= 0.6 is 11.8 Å². The highest BCUT2D eigenvalue weighted by Crippen LogP contribution is 2.28. The zero-order valence-electron chi connectivity index (χ0n) is 13.2. The number of hydrogen-bond acceptors (Lipinski definition) is 5. The van der Waals surface area contributed by atoms with Crippen molar-refractivity contribution < 1.29 is 4.74 Å². The van der Waals surface area contributed by atoms with Crippen LogP contribution in [0.2, 0.25) is 0 Å². The predicted octanol–water partition coefficient (Wildman–Crippen LogP) is 2.46. The summed E-state index contributed by atoms with van der Waals surface area (Å²) < 4.78 is 7.68. The topological polar surface area (TPSA) is 54.1 Å². The monoisotopic (exact) mass is 328 g/mol. The summed E-state index contributed by atoms with van der Waals surface area (Å²) in [7, 11) is 1.95. The molecule has 1 atom stereocenters. The van der Waals surface area contributed by atoms with E-state index in [9.17, 15) is 0 Å². The van der Waals surface area contributed by atoms with Gasteiger partial charge in [-0.2, -0.15) is 22.1 Å². The molecule has 1 aliphatic rings. The van der Waals surface area contributed by atoms with Gasteiger partial charge in [-0.05, 0) is 18.2 Å². The number of thioether (sulfide) groups is 1. The van der Waals surface area contributed by atoms with Gasteiger partial charge in [0.15, 0.2) is 0 Å². The Labute approximate surface area is 140 Å². The minimum atomic E-state index is 0.400. The summed E-state index contributed by atoms with van der Waals surface area (Å²) in [6.07, 6.45) is 4.06. The summed E-state index contributed by atoms with van der Waals surface area (Å²) in [6, 6.07) is 9.85. The Kier molecular flexibility index (Phi) is 5.21. The lowest BCUT2D eigenvalue weighted by Gasteiger charge is -2.34. The Balaban J connectivity index is 1.58. The van der Waals surface area contributed by atoms with E-state index in [1.54, 1.807) is 12.1 Å². The summed E-state index contributed by atoms with van der Waals surface area (Å²) >= 11 is 1.99. The van der Waals surface area contributed by atoms with Crippen LogP contribution in [0.3, 0.4) is 0 Å². The minimum absolute atomic E-state index is 0.400. The molecule has 1 fully saturated rings. The lowest BCUT2D eigenvalue weighted by Crippen LogP contribution is -2.38. The number of aromatic nitrogens is 2. The summed E-state index contributed by atoms with van der Waals surface area (Å²) in [5, 5.41) is 13.2. The van der Waals surface area contributed by atoms with Crippen molar-refractivity contribution in [1.82, 2.24) is 14.7 Å². The predicted molar refractivity (Wildman–Crippen MR) is 91.5 cm³/mol. The molecule has 0 N–H and O–H groups in total. The van der Waals surface area contributed by atoms with Crippen molar-refractivity contribution in [3.05, 3.63) is 47.8 Å². The minimum Gasteiger partial charge on any atom is -0.492 e. The molecule has 0 unspecified atom stereocenters. The zero-order valence-corrected chi connectivity index (χ0v) is 14.0. The second kappa shape index (κ2) is 7.53. The SMILES string of the molecule is Cn1cc([C@@H]2CSCCN2CCOc2cccc(C#N)c2)cn1. The van der Waals surface area contributed by atoms with E-state index in [0.29, 0.717) is 18.2 Å². The molecule has 2 heterocycles. The van der Waals surface area contributed by atoms with Gasteiger partial charge in [-0.1, -0.05) is 6.07 Å². The number of aryl methyl sites for hydroxylation is 1. The lowest BCUT2D eigenvalue weighted by molar-refractivity contribution is 0.175. The average Bonchev–Trinajstić information content (AvgIpc) is 3.02. The first-order valence-corrected chi connectivity index (χ1v) is 8.85. The number of nitriles is 1. The van der Waals surface area contributed by atoms with E-state index in [0.717, 1.165) is 30.3 Å². The molecule has 0 aliphatic carbocycles. The van der Waals surface area contributed by atoms with E-state index >= 15 is 0 Å². The molecule has 0 spiro atoms. The second-order valence-electron chi connectivity index (χ2n) is 5.56. The smallest absolute Gasteiger partial charge is 0.120 e. The third-order valence-corrected chi connectivity index (χ3v) is 4.98. The molecular weight excluding hydrogens is 308 g/mol. The molecule has 5 nitrogen and oxygen atoms in total. The summed E-state index contributed by atoms with van der Waals surface area (Å²) in [6.45, 7) is 2.55. The number of rotatable bonds is 5. The van der Waals surface area contributed by atoms with E-state index < -0.39 is 0 Å². The molecule has 23 heavy (non-hydrogen) atoms. The first-order chi connectivity index (χ1) is 11.3. The van der Waals surface area contributed by atoms with Crippen LogP contribution in [-0.2, 0) is 7.05 Å². The maximum absolute atomic E-state index is 8.93. The van der Waals surface area contributed by atoms with Crippen LogP contribution in [0.5, 0.6) is 5.75 Å². The maximum atomic E-state index is 8.93. The fourth-order valence-corrected chi connectivity index (χ4v) is 3.92. The normalized spacial score (nSPS) is 18.5. The molecule has 6 heteroatoms. The Morgan fingerprint density at radius 1 is 1.48 bits per heavy atom. The van der Waals surface area contributed by atoms with Gasteiger partial charge in [0.25, 0.3) is 0 Å². The van der Waals surface area contributed by atoms with Crippen LogP contribution in [0.4, 0.5) is 0 Å². The Hall–Kier alpha value is -1.97. The molecule has 1 aromatic carbocycles. The van der Waals surface area contributed by atoms with Crippen molar-refractivity contribution in [3.8, 4) is 11.8 Å². The fraction of sp³-hybridized carbons (Fsp3) is 0.412. The van der Waals surface area contributed by atoms with Gasteiger partial charge in [-0.3, -0.25) is 9.58 Å². The van der Waals surface area contributed by atoms with Gasteiger partial charge in [0.2, 0.25) is 0 Å². The Morgan fingerprint density at radius 2 is 2.39 bits per heavy atom. The number of benzene rings is 1. The van der Waals surface area contributed by atoms with Crippen LogP contribution < -0.4 is 4.74 Å². The van der Waals surface area contributed by atoms with Crippen molar-refractivity contribution >= 4 is 11.8 Å². The van der Waals surface area contributed by atoms with Crippen LogP contribution in [0.1, 0.15) is 17.2 Å². The van der Waals surface area contributed by atoms with Crippen molar-refractivity contribution in [2.45, 2.75) is 6.04 Å². The average molecular weight is 328 g/mol. The molecule has 3 rings (SSSR count). The first kappa shape index (κ1) is 15.9. The molecule has 120 valence electrons. The van der Waals surface area contributed by atoms with Gasteiger partial charge < -0.3 is 4.74 Å². The standard InChI is InChI=1S/C17H20N4OS/c1-20-12-15(11-19-20)17-13-23-8-6-21(17)5-7-22-16-4-2-3-14(9-16)10-18/h2-4,9,11-12,17H,5-8,13H2,1H3/t17-/m0/s1. The molecule has 0 radical (unpaired) electrons.